The first-order valence-corrected chi connectivity index (χ1v) is 9.80. The smallest absolute Gasteiger partial charge is 0.227 e. The van der Waals surface area contributed by atoms with E-state index in [1.165, 1.54) is 11.1 Å². The maximum Gasteiger partial charge on any atom is 0.227 e. The summed E-state index contributed by atoms with van der Waals surface area (Å²) in [6.45, 7) is 6.70. The maximum atomic E-state index is 6.26. The van der Waals surface area contributed by atoms with Crippen LogP contribution in [0.5, 0.6) is 0 Å². The van der Waals surface area contributed by atoms with Crippen molar-refractivity contribution in [3.05, 3.63) is 89.5 Å². The fraction of sp³-hybridized carbons (Fsp3) is 0.192. The van der Waals surface area contributed by atoms with Gasteiger partial charge in [0, 0.05) is 11.1 Å². The summed E-state index contributed by atoms with van der Waals surface area (Å²) < 4.78 is 6.26. The molecular formula is C26H25NO. The third-order valence-corrected chi connectivity index (χ3v) is 5.43. The molecule has 3 aromatic carbocycles. The van der Waals surface area contributed by atoms with E-state index in [4.69, 9.17) is 9.40 Å². The van der Waals surface area contributed by atoms with Crippen molar-refractivity contribution >= 4 is 23.3 Å². The highest BCUT2D eigenvalue weighted by Crippen LogP contribution is 2.35. The molecule has 0 N–H and O–H groups in total. The van der Waals surface area contributed by atoms with Gasteiger partial charge < -0.3 is 4.42 Å². The standard InChI is InChI=1S/C26H25NO/c1-4-26(2,3)22-14-9-15-23-24(22)28-25(27-23)21-13-8-12-20(18-21)17-16-19-10-6-5-7-11-19/h5-18H,4H2,1-3H3. The molecule has 4 rings (SSSR count). The summed E-state index contributed by atoms with van der Waals surface area (Å²) in [4.78, 5) is 4.76. The highest BCUT2D eigenvalue weighted by molar-refractivity contribution is 5.81. The molecule has 1 aromatic heterocycles. The van der Waals surface area contributed by atoms with Gasteiger partial charge in [0.1, 0.15) is 5.52 Å². The molecule has 0 amide bonds. The predicted molar refractivity (Wildman–Crippen MR) is 118 cm³/mol. The second kappa shape index (κ2) is 7.47. The molecule has 28 heavy (non-hydrogen) atoms. The normalized spacial score (nSPS) is 12.1. The van der Waals surface area contributed by atoms with Gasteiger partial charge in [-0.3, -0.25) is 0 Å². The number of aromatic nitrogens is 1. The first-order valence-electron chi connectivity index (χ1n) is 9.80. The third kappa shape index (κ3) is 3.63. The van der Waals surface area contributed by atoms with Gasteiger partial charge in [-0.2, -0.15) is 0 Å². The molecule has 1 heterocycles. The molecule has 2 nitrogen and oxygen atoms in total. The molecular weight excluding hydrogens is 342 g/mol. The van der Waals surface area contributed by atoms with Crippen molar-refractivity contribution in [2.24, 2.45) is 0 Å². The Morgan fingerprint density at radius 1 is 0.857 bits per heavy atom. The minimum atomic E-state index is 0.0522. The SMILES string of the molecule is CCC(C)(C)c1cccc2nc(-c3cccc(C=Cc4ccccc4)c3)oc12. The maximum absolute atomic E-state index is 6.26. The van der Waals surface area contributed by atoms with Crippen LogP contribution in [0.2, 0.25) is 0 Å². The highest BCUT2D eigenvalue weighted by Gasteiger charge is 2.23. The summed E-state index contributed by atoms with van der Waals surface area (Å²) in [6.07, 6.45) is 5.28. The number of benzene rings is 3. The number of para-hydroxylation sites is 1. The molecule has 4 aromatic rings. The van der Waals surface area contributed by atoms with E-state index in [0.717, 1.165) is 28.6 Å². The van der Waals surface area contributed by atoms with Gasteiger partial charge in [0.15, 0.2) is 5.58 Å². The van der Waals surface area contributed by atoms with E-state index in [-0.39, 0.29) is 5.41 Å². The Morgan fingerprint density at radius 3 is 2.36 bits per heavy atom. The zero-order chi connectivity index (χ0) is 19.6. The summed E-state index contributed by atoms with van der Waals surface area (Å²) in [5, 5.41) is 0. The van der Waals surface area contributed by atoms with Crippen LogP contribution in [0.1, 0.15) is 43.9 Å². The molecule has 0 radical (unpaired) electrons. The lowest BCUT2D eigenvalue weighted by molar-refractivity contribution is 0.497. The van der Waals surface area contributed by atoms with Crippen LogP contribution in [0.15, 0.2) is 77.2 Å². The number of nitrogens with zero attached hydrogens (tertiary/aromatic N) is 1. The number of hydrogen-bond acceptors (Lipinski definition) is 2. The van der Waals surface area contributed by atoms with E-state index in [2.05, 4.69) is 75.4 Å². The summed E-state index contributed by atoms with van der Waals surface area (Å²) in [5.41, 5.74) is 6.38. The van der Waals surface area contributed by atoms with Crippen LogP contribution < -0.4 is 0 Å². The Labute approximate surface area is 166 Å². The quantitative estimate of drug-likeness (QED) is 0.345. The van der Waals surface area contributed by atoms with Gasteiger partial charge in [-0.05, 0) is 41.2 Å². The molecule has 0 spiro atoms. The second-order valence-corrected chi connectivity index (χ2v) is 7.78. The van der Waals surface area contributed by atoms with Crippen molar-refractivity contribution in [2.75, 3.05) is 0 Å². The first kappa shape index (κ1) is 18.2. The fourth-order valence-electron chi connectivity index (χ4n) is 3.33. The monoisotopic (exact) mass is 367 g/mol. The number of oxazole rings is 1. The minimum absolute atomic E-state index is 0.0522. The van der Waals surface area contributed by atoms with Crippen molar-refractivity contribution in [3.63, 3.8) is 0 Å². The van der Waals surface area contributed by atoms with Gasteiger partial charge in [0.2, 0.25) is 5.89 Å². The van der Waals surface area contributed by atoms with Crippen LogP contribution in [0.3, 0.4) is 0 Å². The van der Waals surface area contributed by atoms with Gasteiger partial charge in [-0.1, -0.05) is 87.5 Å². The van der Waals surface area contributed by atoms with Crippen LogP contribution >= 0.6 is 0 Å². The van der Waals surface area contributed by atoms with Crippen LogP contribution in [-0.2, 0) is 5.41 Å². The van der Waals surface area contributed by atoms with Crippen LogP contribution in [0, 0.1) is 0 Å². The molecule has 140 valence electrons. The third-order valence-electron chi connectivity index (χ3n) is 5.43. The topological polar surface area (TPSA) is 26.0 Å². The lowest BCUT2D eigenvalue weighted by Crippen LogP contribution is -2.15. The molecule has 0 fully saturated rings. The van der Waals surface area contributed by atoms with Crippen LogP contribution in [-0.4, -0.2) is 4.98 Å². The molecule has 0 aliphatic rings. The summed E-state index contributed by atoms with van der Waals surface area (Å²) in [6, 6.07) is 24.9. The van der Waals surface area contributed by atoms with E-state index in [9.17, 15) is 0 Å². The molecule has 0 bridgehead atoms. The molecule has 0 aliphatic heterocycles. The molecule has 0 aliphatic carbocycles. The summed E-state index contributed by atoms with van der Waals surface area (Å²) in [7, 11) is 0. The van der Waals surface area contributed by atoms with Gasteiger partial charge in [0.25, 0.3) is 0 Å². The second-order valence-electron chi connectivity index (χ2n) is 7.78. The molecule has 2 heteroatoms. The summed E-state index contributed by atoms with van der Waals surface area (Å²) >= 11 is 0. The van der Waals surface area contributed by atoms with Crippen molar-refractivity contribution in [1.29, 1.82) is 0 Å². The van der Waals surface area contributed by atoms with E-state index in [1.54, 1.807) is 0 Å². The Morgan fingerprint density at radius 2 is 1.57 bits per heavy atom. The average Bonchev–Trinajstić information content (AvgIpc) is 3.17. The van der Waals surface area contributed by atoms with Crippen LogP contribution in [0.4, 0.5) is 0 Å². The van der Waals surface area contributed by atoms with Gasteiger partial charge >= 0.3 is 0 Å². The molecule has 0 saturated carbocycles. The van der Waals surface area contributed by atoms with E-state index in [0.29, 0.717) is 5.89 Å². The van der Waals surface area contributed by atoms with Gasteiger partial charge in [-0.25, -0.2) is 4.98 Å². The van der Waals surface area contributed by atoms with Gasteiger partial charge in [0.05, 0.1) is 0 Å². The van der Waals surface area contributed by atoms with Crippen molar-refractivity contribution in [1.82, 2.24) is 4.98 Å². The lowest BCUT2D eigenvalue weighted by Gasteiger charge is -2.22. The average molecular weight is 367 g/mol. The summed E-state index contributed by atoms with van der Waals surface area (Å²) in [5.74, 6) is 0.671. The largest absolute Gasteiger partial charge is 0.436 e. The zero-order valence-electron chi connectivity index (χ0n) is 16.6. The van der Waals surface area contributed by atoms with Crippen LogP contribution in [0.25, 0.3) is 34.7 Å². The van der Waals surface area contributed by atoms with Crippen molar-refractivity contribution < 1.29 is 4.42 Å². The van der Waals surface area contributed by atoms with E-state index in [1.807, 2.05) is 30.3 Å². The molecule has 0 unspecified atom stereocenters. The first-order chi connectivity index (χ1) is 13.6. The number of fused-ring (bicyclic) bond motifs is 1. The number of rotatable bonds is 5. The fourth-order valence-corrected chi connectivity index (χ4v) is 3.33. The van der Waals surface area contributed by atoms with E-state index < -0.39 is 0 Å². The zero-order valence-corrected chi connectivity index (χ0v) is 16.6. The lowest BCUT2D eigenvalue weighted by atomic mass is 9.82. The minimum Gasteiger partial charge on any atom is -0.436 e. The van der Waals surface area contributed by atoms with Gasteiger partial charge in [-0.15, -0.1) is 0 Å². The predicted octanol–water partition coefficient (Wildman–Crippen LogP) is 7.35. The Hall–Kier alpha value is -3.13. The van der Waals surface area contributed by atoms with E-state index >= 15 is 0 Å². The van der Waals surface area contributed by atoms with Crippen molar-refractivity contribution in [3.8, 4) is 11.5 Å². The Bertz CT molecular complexity index is 1120. The number of hydrogen-bond donors (Lipinski definition) is 0. The Balaban J connectivity index is 1.71. The highest BCUT2D eigenvalue weighted by atomic mass is 16.3. The molecule has 0 saturated heterocycles. The Kier molecular flexibility index (Phi) is 4.87. The molecule has 0 atom stereocenters. The van der Waals surface area contributed by atoms with Crippen molar-refractivity contribution in [2.45, 2.75) is 32.6 Å².